The number of rotatable bonds is 4. The molecule has 0 amide bonds. The average molecular weight is 681 g/mol. The molecule has 8 aromatic carbocycles. The monoisotopic (exact) mass is 680 g/mol. The SMILES string of the molecule is c1ccc(-c2nc(-c3ccccc3)nc(-c3ccc4c(c3)sc3cc(-n5c6ccccc6c6cc7ccccc7cc65)c5ccccc5c34)n2)cc1. The van der Waals surface area contributed by atoms with Crippen molar-refractivity contribution in [3.05, 3.63) is 170 Å². The summed E-state index contributed by atoms with van der Waals surface area (Å²) in [4.78, 5) is 14.9. The molecule has 0 unspecified atom stereocenters. The van der Waals surface area contributed by atoms with Crippen molar-refractivity contribution in [2.45, 2.75) is 0 Å². The van der Waals surface area contributed by atoms with Gasteiger partial charge in [-0.1, -0.05) is 140 Å². The van der Waals surface area contributed by atoms with Crippen molar-refractivity contribution in [3.63, 3.8) is 0 Å². The molecule has 3 heterocycles. The second kappa shape index (κ2) is 11.4. The van der Waals surface area contributed by atoms with Gasteiger partial charge in [0.25, 0.3) is 0 Å². The third kappa shape index (κ3) is 4.50. The molecule has 4 nitrogen and oxygen atoms in total. The second-order valence-electron chi connectivity index (χ2n) is 13.2. The summed E-state index contributed by atoms with van der Waals surface area (Å²) in [5.41, 5.74) is 6.50. The van der Waals surface area contributed by atoms with E-state index in [1.54, 1.807) is 0 Å². The Bertz CT molecular complexity index is 3120. The summed E-state index contributed by atoms with van der Waals surface area (Å²) in [7, 11) is 0. The molecule has 0 N–H and O–H groups in total. The fourth-order valence-corrected chi connectivity index (χ4v) is 8.99. The normalized spacial score (nSPS) is 11.8. The van der Waals surface area contributed by atoms with E-state index in [1.807, 2.05) is 72.0 Å². The lowest BCUT2D eigenvalue weighted by Gasteiger charge is -2.13. The molecule has 5 heteroatoms. The zero-order valence-electron chi connectivity index (χ0n) is 27.9. The van der Waals surface area contributed by atoms with Crippen LogP contribution in [0.3, 0.4) is 0 Å². The van der Waals surface area contributed by atoms with Crippen molar-refractivity contribution in [1.82, 2.24) is 19.5 Å². The molecular formula is C47H28N4S. The highest BCUT2D eigenvalue weighted by Gasteiger charge is 2.19. The molecule has 0 atom stereocenters. The Morgan fingerprint density at radius 1 is 0.365 bits per heavy atom. The number of para-hydroxylation sites is 1. The van der Waals surface area contributed by atoms with Gasteiger partial charge in [0.05, 0.1) is 16.7 Å². The molecule has 0 fully saturated rings. The smallest absolute Gasteiger partial charge is 0.164 e. The van der Waals surface area contributed by atoms with E-state index in [4.69, 9.17) is 15.0 Å². The van der Waals surface area contributed by atoms with E-state index in [0.29, 0.717) is 17.5 Å². The Hall–Kier alpha value is -6.69. The van der Waals surface area contributed by atoms with Crippen LogP contribution in [0.4, 0.5) is 0 Å². The fraction of sp³-hybridized carbons (Fsp3) is 0. The van der Waals surface area contributed by atoms with Gasteiger partial charge in [-0.2, -0.15) is 0 Å². The standard InChI is InChI=1S/C47H28N4S/c1-3-13-29(14-4-1)45-48-46(30-15-5-2-6-16-30)50-47(49-45)33-23-24-37-42(27-33)52-43-28-41(34-19-9-10-21-36(34)44(37)43)51-39-22-12-11-20-35(39)38-25-31-17-7-8-18-32(31)26-40(38)51/h1-28H. The van der Waals surface area contributed by atoms with E-state index in [0.717, 1.165) is 16.7 Å². The third-order valence-electron chi connectivity index (χ3n) is 10.2. The number of thiophene rings is 1. The van der Waals surface area contributed by atoms with Crippen LogP contribution in [0.15, 0.2) is 170 Å². The minimum Gasteiger partial charge on any atom is -0.309 e. The highest BCUT2D eigenvalue weighted by molar-refractivity contribution is 7.26. The van der Waals surface area contributed by atoms with Crippen LogP contribution in [0.1, 0.15) is 0 Å². The number of aromatic nitrogens is 4. The van der Waals surface area contributed by atoms with Crippen molar-refractivity contribution in [2.24, 2.45) is 0 Å². The van der Waals surface area contributed by atoms with Crippen LogP contribution in [0, 0.1) is 0 Å². The predicted molar refractivity (Wildman–Crippen MR) is 218 cm³/mol. The fourth-order valence-electron chi connectivity index (χ4n) is 7.80. The minimum atomic E-state index is 0.662. The van der Waals surface area contributed by atoms with Gasteiger partial charge in [0.2, 0.25) is 0 Å². The molecule has 0 aliphatic heterocycles. The van der Waals surface area contributed by atoms with Crippen LogP contribution in [-0.2, 0) is 0 Å². The van der Waals surface area contributed by atoms with Crippen LogP contribution in [-0.4, -0.2) is 19.5 Å². The van der Waals surface area contributed by atoms with E-state index in [1.165, 1.54) is 69.2 Å². The molecular weight excluding hydrogens is 653 g/mol. The van der Waals surface area contributed by atoms with Gasteiger partial charge in [-0.05, 0) is 46.5 Å². The Morgan fingerprint density at radius 3 is 1.65 bits per heavy atom. The van der Waals surface area contributed by atoms with E-state index in [-0.39, 0.29) is 0 Å². The predicted octanol–water partition coefficient (Wildman–Crippen LogP) is 12.6. The molecule has 3 aromatic heterocycles. The highest BCUT2D eigenvalue weighted by atomic mass is 32.1. The Balaban J connectivity index is 1.15. The topological polar surface area (TPSA) is 43.6 Å². The number of fused-ring (bicyclic) bond motifs is 9. The third-order valence-corrected chi connectivity index (χ3v) is 11.3. The summed E-state index contributed by atoms with van der Waals surface area (Å²) < 4.78 is 4.92. The Labute approximate surface area is 302 Å². The van der Waals surface area contributed by atoms with Gasteiger partial charge in [-0.3, -0.25) is 0 Å². The maximum absolute atomic E-state index is 5.02. The van der Waals surface area contributed by atoms with Crippen LogP contribution in [0.5, 0.6) is 0 Å². The number of nitrogens with zero attached hydrogens (tertiary/aromatic N) is 4. The largest absolute Gasteiger partial charge is 0.309 e. The molecule has 0 radical (unpaired) electrons. The summed E-state index contributed by atoms with van der Waals surface area (Å²) in [6.45, 7) is 0. The van der Waals surface area contributed by atoms with Crippen molar-refractivity contribution in [1.29, 1.82) is 0 Å². The van der Waals surface area contributed by atoms with Crippen LogP contribution in [0.2, 0.25) is 0 Å². The van der Waals surface area contributed by atoms with Crippen molar-refractivity contribution in [2.75, 3.05) is 0 Å². The molecule has 11 aromatic rings. The number of hydrogen-bond acceptors (Lipinski definition) is 4. The maximum atomic E-state index is 5.02. The average Bonchev–Trinajstić information content (AvgIpc) is 3.75. The number of hydrogen-bond donors (Lipinski definition) is 0. The Kier molecular flexibility index (Phi) is 6.39. The lowest BCUT2D eigenvalue weighted by molar-refractivity contribution is 1.07. The van der Waals surface area contributed by atoms with Gasteiger partial charge in [0.1, 0.15) is 0 Å². The summed E-state index contributed by atoms with van der Waals surface area (Å²) in [6, 6.07) is 60.3. The van der Waals surface area contributed by atoms with Crippen LogP contribution in [0.25, 0.3) is 103 Å². The van der Waals surface area contributed by atoms with E-state index in [9.17, 15) is 0 Å². The van der Waals surface area contributed by atoms with Gasteiger partial charge in [-0.15, -0.1) is 11.3 Å². The first-order chi connectivity index (χ1) is 25.8. The zero-order chi connectivity index (χ0) is 34.2. The summed E-state index contributed by atoms with van der Waals surface area (Å²) >= 11 is 1.83. The second-order valence-corrected chi connectivity index (χ2v) is 14.3. The van der Waals surface area contributed by atoms with E-state index < -0.39 is 0 Å². The molecule has 52 heavy (non-hydrogen) atoms. The van der Waals surface area contributed by atoms with Crippen LogP contribution < -0.4 is 0 Å². The van der Waals surface area contributed by atoms with Crippen molar-refractivity contribution < 1.29 is 0 Å². The highest BCUT2D eigenvalue weighted by Crippen LogP contribution is 2.44. The van der Waals surface area contributed by atoms with Gasteiger partial charge in [0.15, 0.2) is 17.5 Å². The van der Waals surface area contributed by atoms with Gasteiger partial charge in [0, 0.05) is 53.0 Å². The summed E-state index contributed by atoms with van der Waals surface area (Å²) in [5.74, 6) is 1.99. The van der Waals surface area contributed by atoms with E-state index in [2.05, 4.69) is 114 Å². The van der Waals surface area contributed by atoms with Gasteiger partial charge >= 0.3 is 0 Å². The first-order valence-corrected chi connectivity index (χ1v) is 18.3. The van der Waals surface area contributed by atoms with Crippen molar-refractivity contribution >= 4 is 74.9 Å². The molecule has 0 saturated heterocycles. The number of benzene rings is 8. The van der Waals surface area contributed by atoms with Gasteiger partial charge < -0.3 is 4.57 Å². The minimum absolute atomic E-state index is 0.662. The molecule has 11 rings (SSSR count). The lowest BCUT2D eigenvalue weighted by atomic mass is 10.0. The molecule has 0 aliphatic rings. The molecule has 0 spiro atoms. The van der Waals surface area contributed by atoms with Crippen LogP contribution >= 0.6 is 11.3 Å². The Morgan fingerprint density at radius 2 is 0.942 bits per heavy atom. The first-order valence-electron chi connectivity index (χ1n) is 17.4. The van der Waals surface area contributed by atoms with E-state index >= 15 is 0 Å². The molecule has 0 saturated carbocycles. The zero-order valence-corrected chi connectivity index (χ0v) is 28.7. The maximum Gasteiger partial charge on any atom is 0.164 e. The van der Waals surface area contributed by atoms with Gasteiger partial charge in [-0.25, -0.2) is 15.0 Å². The lowest BCUT2D eigenvalue weighted by Crippen LogP contribution is -1.99. The first kappa shape index (κ1) is 29.1. The van der Waals surface area contributed by atoms with Crippen molar-refractivity contribution in [3.8, 4) is 39.9 Å². The molecule has 0 aliphatic carbocycles. The summed E-state index contributed by atoms with van der Waals surface area (Å²) in [5, 5.41) is 10.0. The quantitative estimate of drug-likeness (QED) is 0.186. The molecule has 242 valence electrons. The summed E-state index contributed by atoms with van der Waals surface area (Å²) in [6.07, 6.45) is 0. The molecule has 0 bridgehead atoms.